The maximum Gasteiger partial charge on any atom is 0.234 e. The quantitative estimate of drug-likeness (QED) is 0.421. The Balaban J connectivity index is 1.57. The van der Waals surface area contributed by atoms with Gasteiger partial charge in [0.25, 0.3) is 0 Å². The second-order valence-corrected chi connectivity index (χ2v) is 7.50. The number of hydrogen-bond donors (Lipinski definition) is 2. The van der Waals surface area contributed by atoms with Crippen LogP contribution < -0.4 is 10.1 Å². The SMILES string of the molecule is COc1ccc(NC(=O)CSc2nnc(-c3ccccc3O)n2-c2ccccc2)cc1. The lowest BCUT2D eigenvalue weighted by molar-refractivity contribution is -0.113. The third kappa shape index (κ3) is 4.70. The number of hydrogen-bond acceptors (Lipinski definition) is 6. The number of phenolic OH excluding ortho intramolecular Hbond substituents is 1. The number of methoxy groups -OCH3 is 1. The molecule has 1 aromatic heterocycles. The summed E-state index contributed by atoms with van der Waals surface area (Å²) in [5.41, 5.74) is 2.09. The minimum Gasteiger partial charge on any atom is -0.507 e. The number of phenols is 1. The Labute approximate surface area is 183 Å². The minimum absolute atomic E-state index is 0.112. The van der Waals surface area contributed by atoms with Gasteiger partial charge in [0.05, 0.1) is 18.4 Å². The van der Waals surface area contributed by atoms with Gasteiger partial charge in [-0.25, -0.2) is 0 Å². The topological polar surface area (TPSA) is 89.3 Å². The molecule has 0 aliphatic carbocycles. The van der Waals surface area contributed by atoms with Crippen LogP contribution in [0.3, 0.4) is 0 Å². The first-order valence-corrected chi connectivity index (χ1v) is 10.5. The van der Waals surface area contributed by atoms with Gasteiger partial charge in [0.15, 0.2) is 11.0 Å². The molecule has 0 atom stereocenters. The van der Waals surface area contributed by atoms with E-state index in [4.69, 9.17) is 4.74 Å². The molecule has 0 aliphatic heterocycles. The lowest BCUT2D eigenvalue weighted by atomic mass is 10.2. The van der Waals surface area contributed by atoms with Gasteiger partial charge in [-0.05, 0) is 48.5 Å². The number of nitrogens with one attached hydrogen (secondary N) is 1. The van der Waals surface area contributed by atoms with Crippen LogP contribution in [-0.2, 0) is 4.79 Å². The van der Waals surface area contributed by atoms with Crippen LogP contribution in [0.5, 0.6) is 11.5 Å². The number of para-hydroxylation sites is 2. The summed E-state index contributed by atoms with van der Waals surface area (Å²) in [6.45, 7) is 0. The molecule has 0 unspecified atom stereocenters. The molecule has 31 heavy (non-hydrogen) atoms. The molecule has 156 valence electrons. The summed E-state index contributed by atoms with van der Waals surface area (Å²) in [7, 11) is 1.59. The molecule has 0 bridgehead atoms. The smallest absolute Gasteiger partial charge is 0.234 e. The monoisotopic (exact) mass is 432 g/mol. The summed E-state index contributed by atoms with van der Waals surface area (Å²) in [5.74, 6) is 1.32. The van der Waals surface area contributed by atoms with Gasteiger partial charge in [0, 0.05) is 11.4 Å². The van der Waals surface area contributed by atoms with Crippen molar-refractivity contribution in [2.24, 2.45) is 0 Å². The molecular formula is C23H20N4O3S. The lowest BCUT2D eigenvalue weighted by Gasteiger charge is -2.11. The van der Waals surface area contributed by atoms with Crippen LogP contribution in [0.2, 0.25) is 0 Å². The van der Waals surface area contributed by atoms with E-state index in [1.54, 1.807) is 49.6 Å². The van der Waals surface area contributed by atoms with Crippen molar-refractivity contribution >= 4 is 23.4 Å². The number of carbonyl (C=O) groups excluding carboxylic acids is 1. The Morgan fingerprint density at radius 1 is 1.00 bits per heavy atom. The Kier molecular flexibility index (Phi) is 6.18. The van der Waals surface area contributed by atoms with Crippen molar-refractivity contribution in [2.75, 3.05) is 18.2 Å². The molecule has 8 heteroatoms. The number of thioether (sulfide) groups is 1. The number of nitrogens with zero attached hydrogens (tertiary/aromatic N) is 3. The summed E-state index contributed by atoms with van der Waals surface area (Å²) in [4.78, 5) is 12.5. The predicted octanol–water partition coefficient (Wildman–Crippen LogP) is 4.38. The summed E-state index contributed by atoms with van der Waals surface area (Å²) in [6, 6.07) is 23.7. The maximum atomic E-state index is 12.5. The number of anilines is 1. The summed E-state index contributed by atoms with van der Waals surface area (Å²) in [6.07, 6.45) is 0. The highest BCUT2D eigenvalue weighted by molar-refractivity contribution is 7.99. The number of carbonyl (C=O) groups is 1. The van der Waals surface area contributed by atoms with Gasteiger partial charge in [0.2, 0.25) is 5.91 Å². The predicted molar refractivity (Wildman–Crippen MR) is 121 cm³/mol. The van der Waals surface area contributed by atoms with Crippen LogP contribution in [0.1, 0.15) is 0 Å². The van der Waals surface area contributed by atoms with Crippen molar-refractivity contribution in [1.29, 1.82) is 0 Å². The number of amides is 1. The molecule has 1 amide bonds. The van der Waals surface area contributed by atoms with E-state index >= 15 is 0 Å². The average Bonchev–Trinajstić information content (AvgIpc) is 3.23. The van der Waals surface area contributed by atoms with E-state index in [0.29, 0.717) is 22.2 Å². The number of aromatic nitrogens is 3. The fraction of sp³-hybridized carbons (Fsp3) is 0.0870. The number of benzene rings is 3. The van der Waals surface area contributed by atoms with E-state index < -0.39 is 0 Å². The van der Waals surface area contributed by atoms with Crippen LogP contribution in [-0.4, -0.2) is 38.6 Å². The van der Waals surface area contributed by atoms with Crippen molar-refractivity contribution in [1.82, 2.24) is 14.8 Å². The van der Waals surface area contributed by atoms with Gasteiger partial charge in [-0.3, -0.25) is 9.36 Å². The lowest BCUT2D eigenvalue weighted by Crippen LogP contribution is -2.14. The van der Waals surface area contributed by atoms with Crippen LogP contribution >= 0.6 is 11.8 Å². The van der Waals surface area contributed by atoms with E-state index in [0.717, 1.165) is 11.4 Å². The van der Waals surface area contributed by atoms with Crippen molar-refractivity contribution in [3.05, 3.63) is 78.9 Å². The summed E-state index contributed by atoms with van der Waals surface area (Å²) < 4.78 is 6.96. The average molecular weight is 433 g/mol. The van der Waals surface area contributed by atoms with Crippen molar-refractivity contribution < 1.29 is 14.6 Å². The fourth-order valence-corrected chi connectivity index (χ4v) is 3.76. The van der Waals surface area contributed by atoms with E-state index in [2.05, 4.69) is 15.5 Å². The van der Waals surface area contributed by atoms with Gasteiger partial charge in [-0.15, -0.1) is 10.2 Å². The zero-order valence-electron chi connectivity index (χ0n) is 16.7. The molecular weight excluding hydrogens is 412 g/mol. The standard InChI is InChI=1S/C23H20N4O3S/c1-30-18-13-11-16(12-14-18)24-21(29)15-31-23-26-25-22(19-9-5-6-10-20(19)28)27(23)17-7-3-2-4-8-17/h2-14,28H,15H2,1H3,(H,24,29). The van der Waals surface area contributed by atoms with Crippen LogP contribution in [0.15, 0.2) is 84.0 Å². The number of aromatic hydroxyl groups is 1. The first-order valence-electron chi connectivity index (χ1n) is 9.51. The zero-order chi connectivity index (χ0) is 21.6. The first kappa shape index (κ1) is 20.5. The maximum absolute atomic E-state index is 12.5. The van der Waals surface area contributed by atoms with E-state index in [1.165, 1.54) is 11.8 Å². The second-order valence-electron chi connectivity index (χ2n) is 6.56. The molecule has 7 nitrogen and oxygen atoms in total. The normalized spacial score (nSPS) is 10.6. The van der Waals surface area contributed by atoms with E-state index in [9.17, 15) is 9.90 Å². The third-order valence-corrected chi connectivity index (χ3v) is 5.43. The molecule has 0 spiro atoms. The van der Waals surface area contributed by atoms with E-state index in [1.807, 2.05) is 41.0 Å². The highest BCUT2D eigenvalue weighted by atomic mass is 32.2. The minimum atomic E-state index is -0.165. The molecule has 3 aromatic carbocycles. The Morgan fingerprint density at radius 2 is 1.71 bits per heavy atom. The highest BCUT2D eigenvalue weighted by Crippen LogP contribution is 2.32. The van der Waals surface area contributed by atoms with E-state index in [-0.39, 0.29) is 17.4 Å². The van der Waals surface area contributed by atoms with Crippen molar-refractivity contribution in [2.45, 2.75) is 5.16 Å². The molecule has 2 N–H and O–H groups in total. The molecule has 4 aromatic rings. The van der Waals surface area contributed by atoms with Gasteiger partial charge >= 0.3 is 0 Å². The third-order valence-electron chi connectivity index (χ3n) is 4.50. The largest absolute Gasteiger partial charge is 0.507 e. The molecule has 1 heterocycles. The molecule has 0 saturated heterocycles. The first-order chi connectivity index (χ1) is 15.2. The van der Waals surface area contributed by atoms with Crippen molar-refractivity contribution in [3.63, 3.8) is 0 Å². The van der Waals surface area contributed by atoms with Crippen LogP contribution in [0.4, 0.5) is 5.69 Å². The zero-order valence-corrected chi connectivity index (χ0v) is 17.5. The summed E-state index contributed by atoms with van der Waals surface area (Å²) >= 11 is 1.27. The number of ether oxygens (including phenoxy) is 1. The Morgan fingerprint density at radius 3 is 2.42 bits per heavy atom. The molecule has 0 radical (unpaired) electrons. The van der Waals surface area contributed by atoms with Crippen LogP contribution in [0, 0.1) is 0 Å². The highest BCUT2D eigenvalue weighted by Gasteiger charge is 2.19. The molecule has 0 aliphatic rings. The molecule has 0 saturated carbocycles. The van der Waals surface area contributed by atoms with Crippen LogP contribution in [0.25, 0.3) is 17.1 Å². The second kappa shape index (κ2) is 9.36. The molecule has 0 fully saturated rings. The molecule has 4 rings (SSSR count). The van der Waals surface area contributed by atoms with Gasteiger partial charge in [0.1, 0.15) is 11.5 Å². The fourth-order valence-electron chi connectivity index (χ4n) is 3.01. The van der Waals surface area contributed by atoms with Gasteiger partial charge in [-0.1, -0.05) is 42.1 Å². The Bertz CT molecular complexity index is 1180. The van der Waals surface area contributed by atoms with Gasteiger partial charge in [-0.2, -0.15) is 0 Å². The number of rotatable bonds is 7. The van der Waals surface area contributed by atoms with Crippen molar-refractivity contribution in [3.8, 4) is 28.6 Å². The Hall–Kier alpha value is -3.78. The van der Waals surface area contributed by atoms with Gasteiger partial charge < -0.3 is 15.2 Å². The summed E-state index contributed by atoms with van der Waals surface area (Å²) in [5, 5.41) is 22.3.